The maximum Gasteiger partial charge on any atom is 0.230 e. The molecule has 0 saturated carbocycles. The summed E-state index contributed by atoms with van der Waals surface area (Å²) in [6.45, 7) is 2.60. The molecule has 0 radical (unpaired) electrons. The van der Waals surface area contributed by atoms with Crippen molar-refractivity contribution >= 4 is 23.5 Å². The molecule has 3 rings (SSSR count). The van der Waals surface area contributed by atoms with E-state index in [2.05, 4.69) is 15.5 Å². The van der Waals surface area contributed by atoms with E-state index in [4.69, 9.17) is 4.42 Å². The van der Waals surface area contributed by atoms with Crippen LogP contribution in [0.25, 0.3) is 11.6 Å². The van der Waals surface area contributed by atoms with Gasteiger partial charge in [0.25, 0.3) is 0 Å². The SMILES string of the molecule is CCn1c(SCC(=O)NCC(=O)c2ccccc2)nnc1-c1ccco1. The minimum atomic E-state index is -0.232. The third-order valence-corrected chi connectivity index (χ3v) is 4.62. The fourth-order valence-corrected chi connectivity index (χ4v) is 3.19. The maximum atomic E-state index is 12.0. The highest BCUT2D eigenvalue weighted by Gasteiger charge is 2.16. The Hall–Kier alpha value is -2.87. The molecule has 0 fully saturated rings. The molecule has 1 N–H and O–H groups in total. The molecule has 26 heavy (non-hydrogen) atoms. The summed E-state index contributed by atoms with van der Waals surface area (Å²) in [5.74, 6) is 1.05. The first kappa shape index (κ1) is 17.9. The van der Waals surface area contributed by atoms with Crippen LogP contribution >= 0.6 is 11.8 Å². The van der Waals surface area contributed by atoms with Crippen LogP contribution in [-0.4, -0.2) is 38.8 Å². The molecule has 0 aliphatic carbocycles. The number of aromatic nitrogens is 3. The summed E-state index contributed by atoms with van der Waals surface area (Å²) in [5.41, 5.74) is 0.578. The van der Waals surface area contributed by atoms with Crippen molar-refractivity contribution in [3.63, 3.8) is 0 Å². The monoisotopic (exact) mass is 370 g/mol. The summed E-state index contributed by atoms with van der Waals surface area (Å²) in [6, 6.07) is 12.5. The number of amides is 1. The Bertz CT molecular complexity index is 875. The second-order valence-electron chi connectivity index (χ2n) is 5.38. The molecule has 7 nitrogen and oxygen atoms in total. The standard InChI is InChI=1S/C18H18N4O3S/c1-2-22-17(15-9-6-10-25-15)20-21-18(22)26-12-16(24)19-11-14(23)13-7-4-3-5-8-13/h3-10H,2,11-12H2,1H3,(H,19,24). The van der Waals surface area contributed by atoms with E-state index in [0.717, 1.165) is 0 Å². The van der Waals surface area contributed by atoms with Crippen molar-refractivity contribution < 1.29 is 14.0 Å². The first-order valence-corrected chi connectivity index (χ1v) is 9.12. The van der Waals surface area contributed by atoms with Crippen LogP contribution < -0.4 is 5.32 Å². The molecule has 0 atom stereocenters. The Kier molecular flexibility index (Phi) is 5.85. The zero-order valence-electron chi connectivity index (χ0n) is 14.2. The highest BCUT2D eigenvalue weighted by Crippen LogP contribution is 2.23. The fourth-order valence-electron chi connectivity index (χ4n) is 2.35. The number of nitrogens with zero attached hydrogens (tertiary/aromatic N) is 3. The van der Waals surface area contributed by atoms with Gasteiger partial charge in [-0.25, -0.2) is 0 Å². The summed E-state index contributed by atoms with van der Waals surface area (Å²) in [7, 11) is 0. The average Bonchev–Trinajstić information content (AvgIpc) is 3.34. The molecule has 134 valence electrons. The Balaban J connectivity index is 1.54. The molecule has 0 spiro atoms. The van der Waals surface area contributed by atoms with Crippen LogP contribution in [0.2, 0.25) is 0 Å². The van der Waals surface area contributed by atoms with Gasteiger partial charge in [-0.15, -0.1) is 10.2 Å². The second-order valence-corrected chi connectivity index (χ2v) is 6.32. The van der Waals surface area contributed by atoms with Crippen molar-refractivity contribution in [3.05, 3.63) is 54.3 Å². The van der Waals surface area contributed by atoms with Crippen LogP contribution in [0.5, 0.6) is 0 Å². The molecule has 0 bridgehead atoms. The van der Waals surface area contributed by atoms with Crippen LogP contribution in [0.4, 0.5) is 0 Å². The van der Waals surface area contributed by atoms with Crippen LogP contribution in [0, 0.1) is 0 Å². The van der Waals surface area contributed by atoms with E-state index in [0.29, 0.717) is 28.8 Å². The van der Waals surface area contributed by atoms with E-state index in [1.54, 1.807) is 36.6 Å². The normalized spacial score (nSPS) is 10.7. The molecule has 0 unspecified atom stereocenters. The van der Waals surface area contributed by atoms with E-state index < -0.39 is 0 Å². The minimum absolute atomic E-state index is 0.0263. The zero-order chi connectivity index (χ0) is 18.4. The lowest BCUT2D eigenvalue weighted by atomic mass is 10.1. The maximum absolute atomic E-state index is 12.0. The van der Waals surface area contributed by atoms with Gasteiger partial charge in [0.05, 0.1) is 18.6 Å². The summed E-state index contributed by atoms with van der Waals surface area (Å²) in [5, 5.41) is 11.5. The molecule has 0 saturated heterocycles. The quantitative estimate of drug-likeness (QED) is 0.484. The number of hydrogen-bond acceptors (Lipinski definition) is 6. The predicted octanol–water partition coefficient (Wildman–Crippen LogP) is 2.65. The highest BCUT2D eigenvalue weighted by atomic mass is 32.2. The van der Waals surface area contributed by atoms with Crippen molar-refractivity contribution in [2.45, 2.75) is 18.6 Å². The molecular weight excluding hydrogens is 352 g/mol. The molecule has 0 aliphatic rings. The molecule has 1 amide bonds. The molecule has 1 aromatic carbocycles. The number of carbonyl (C=O) groups is 2. The fraction of sp³-hybridized carbons (Fsp3) is 0.222. The second kappa shape index (κ2) is 8.48. The van der Waals surface area contributed by atoms with E-state index in [-0.39, 0.29) is 24.0 Å². The van der Waals surface area contributed by atoms with E-state index >= 15 is 0 Å². The lowest BCUT2D eigenvalue weighted by Gasteiger charge is -2.06. The number of hydrogen-bond donors (Lipinski definition) is 1. The number of ketones is 1. The van der Waals surface area contributed by atoms with Crippen LogP contribution in [0.15, 0.2) is 58.3 Å². The highest BCUT2D eigenvalue weighted by molar-refractivity contribution is 7.99. The number of thioether (sulfide) groups is 1. The molecule has 0 aliphatic heterocycles. The van der Waals surface area contributed by atoms with Crippen molar-refractivity contribution in [3.8, 4) is 11.6 Å². The summed E-state index contributed by atoms with van der Waals surface area (Å²) >= 11 is 1.27. The number of nitrogens with one attached hydrogen (secondary N) is 1. The zero-order valence-corrected chi connectivity index (χ0v) is 15.0. The van der Waals surface area contributed by atoms with Gasteiger partial charge in [0.2, 0.25) is 5.91 Å². The molecule has 3 aromatic rings. The van der Waals surface area contributed by atoms with E-state index in [1.807, 2.05) is 23.6 Å². The molecule has 8 heteroatoms. The Morgan fingerprint density at radius 2 is 1.96 bits per heavy atom. The van der Waals surface area contributed by atoms with Crippen molar-refractivity contribution in [1.82, 2.24) is 20.1 Å². The van der Waals surface area contributed by atoms with Gasteiger partial charge >= 0.3 is 0 Å². The van der Waals surface area contributed by atoms with Gasteiger partial charge in [-0.3, -0.25) is 14.2 Å². The molecule has 2 aromatic heterocycles. The molecular formula is C18H18N4O3S. The first-order chi connectivity index (χ1) is 12.7. The minimum Gasteiger partial charge on any atom is -0.461 e. The van der Waals surface area contributed by atoms with Gasteiger partial charge in [-0.05, 0) is 19.1 Å². The summed E-state index contributed by atoms with van der Waals surface area (Å²) < 4.78 is 7.24. The van der Waals surface area contributed by atoms with Gasteiger partial charge in [-0.1, -0.05) is 42.1 Å². The van der Waals surface area contributed by atoms with Crippen LogP contribution in [0.3, 0.4) is 0 Å². The van der Waals surface area contributed by atoms with Gasteiger partial charge in [-0.2, -0.15) is 0 Å². The van der Waals surface area contributed by atoms with Crippen LogP contribution in [0.1, 0.15) is 17.3 Å². The number of rotatable bonds is 8. The molecule has 2 heterocycles. The van der Waals surface area contributed by atoms with Gasteiger partial charge in [0, 0.05) is 12.1 Å². The third kappa shape index (κ3) is 4.20. The number of benzene rings is 1. The Labute approximate surface area is 154 Å². The lowest BCUT2D eigenvalue weighted by Crippen LogP contribution is -2.30. The summed E-state index contributed by atoms with van der Waals surface area (Å²) in [6.07, 6.45) is 1.58. The van der Waals surface area contributed by atoms with Crippen LogP contribution in [-0.2, 0) is 11.3 Å². The predicted molar refractivity (Wildman–Crippen MR) is 97.9 cm³/mol. The largest absolute Gasteiger partial charge is 0.461 e. The summed E-state index contributed by atoms with van der Waals surface area (Å²) in [4.78, 5) is 24.0. The van der Waals surface area contributed by atoms with Crippen molar-refractivity contribution in [2.24, 2.45) is 0 Å². The van der Waals surface area contributed by atoms with Gasteiger partial charge < -0.3 is 9.73 Å². The number of furan rings is 1. The number of carbonyl (C=O) groups excluding carboxylic acids is 2. The Morgan fingerprint density at radius 1 is 1.15 bits per heavy atom. The smallest absolute Gasteiger partial charge is 0.230 e. The lowest BCUT2D eigenvalue weighted by molar-refractivity contribution is -0.118. The van der Waals surface area contributed by atoms with Crippen molar-refractivity contribution in [2.75, 3.05) is 12.3 Å². The van der Waals surface area contributed by atoms with E-state index in [1.165, 1.54) is 11.8 Å². The first-order valence-electron chi connectivity index (χ1n) is 8.14. The average molecular weight is 370 g/mol. The number of Topliss-reactive ketones (excluding diaryl/α,β-unsaturated/α-hetero) is 1. The van der Waals surface area contributed by atoms with Crippen molar-refractivity contribution in [1.29, 1.82) is 0 Å². The third-order valence-electron chi connectivity index (χ3n) is 3.65. The Morgan fingerprint density at radius 3 is 2.65 bits per heavy atom. The topological polar surface area (TPSA) is 90.0 Å². The van der Waals surface area contributed by atoms with E-state index in [9.17, 15) is 9.59 Å². The van der Waals surface area contributed by atoms with Gasteiger partial charge in [0.15, 0.2) is 22.5 Å². The van der Waals surface area contributed by atoms with Gasteiger partial charge in [0.1, 0.15) is 0 Å².